The van der Waals surface area contributed by atoms with Crippen LogP contribution in [0.3, 0.4) is 0 Å². The maximum atomic E-state index is 12.2. The van der Waals surface area contributed by atoms with Crippen LogP contribution in [-0.2, 0) is 0 Å². The Labute approximate surface area is 137 Å². The number of carbonyl (C=O) groups is 1. The van der Waals surface area contributed by atoms with Crippen LogP contribution in [0.1, 0.15) is 17.3 Å². The van der Waals surface area contributed by atoms with E-state index in [0.717, 1.165) is 17.1 Å². The lowest BCUT2D eigenvalue weighted by atomic mass is 10.1. The molecule has 0 amide bonds. The smallest absolute Gasteiger partial charge is 0.187 e. The molecule has 0 unspecified atom stereocenters. The predicted molar refractivity (Wildman–Crippen MR) is 97.6 cm³/mol. The van der Waals surface area contributed by atoms with Gasteiger partial charge in [0.1, 0.15) is 0 Å². The van der Waals surface area contributed by atoms with Crippen molar-refractivity contribution in [3.63, 3.8) is 0 Å². The fourth-order valence-electron chi connectivity index (χ4n) is 2.06. The minimum Gasteiger partial charge on any atom is -0.357 e. The Balaban J connectivity index is 2.15. The molecule has 0 aliphatic heterocycles. The lowest BCUT2D eigenvalue weighted by Crippen LogP contribution is -2.04. The van der Waals surface area contributed by atoms with Crippen LogP contribution in [0.5, 0.6) is 0 Å². The van der Waals surface area contributed by atoms with E-state index in [1.807, 2.05) is 49.4 Å². The van der Waals surface area contributed by atoms with Gasteiger partial charge < -0.3 is 10.6 Å². The van der Waals surface area contributed by atoms with Gasteiger partial charge in [-0.3, -0.25) is 4.79 Å². The summed E-state index contributed by atoms with van der Waals surface area (Å²) in [5.74, 6) is -0.0310. The maximum Gasteiger partial charge on any atom is 0.187 e. The molecule has 3 nitrogen and oxygen atoms in total. The van der Waals surface area contributed by atoms with Crippen LogP contribution in [-0.4, -0.2) is 5.78 Å². The SMILES string of the molecule is C=CC(=C)Nc1ccccc1N/C(C)=C\C(=O)c1ccccc1. The summed E-state index contributed by atoms with van der Waals surface area (Å²) >= 11 is 0. The fraction of sp³-hybridized carbons (Fsp3) is 0.0500. The Bertz CT molecular complexity index is 745. The second-order valence-electron chi connectivity index (χ2n) is 5.08. The first-order chi connectivity index (χ1) is 11.1. The number of rotatable bonds is 7. The molecule has 2 aromatic rings. The van der Waals surface area contributed by atoms with E-state index in [1.165, 1.54) is 0 Å². The minimum absolute atomic E-state index is 0.0310. The van der Waals surface area contributed by atoms with Gasteiger partial charge in [0.05, 0.1) is 11.4 Å². The second-order valence-corrected chi connectivity index (χ2v) is 5.08. The van der Waals surface area contributed by atoms with Crippen molar-refractivity contribution in [3.8, 4) is 0 Å². The van der Waals surface area contributed by atoms with Crippen molar-refractivity contribution in [2.45, 2.75) is 6.92 Å². The van der Waals surface area contributed by atoms with Crippen molar-refractivity contribution in [1.29, 1.82) is 0 Å². The van der Waals surface area contributed by atoms with Gasteiger partial charge in [0.25, 0.3) is 0 Å². The molecule has 0 aromatic heterocycles. The standard InChI is InChI=1S/C20H20N2O/c1-4-15(2)21-18-12-8-9-13-19(18)22-16(3)14-20(23)17-10-6-5-7-11-17/h4-14,21-22H,1-2H2,3H3/b16-14-. The molecule has 2 rings (SSSR count). The first-order valence-corrected chi connectivity index (χ1v) is 7.32. The van der Waals surface area contributed by atoms with E-state index >= 15 is 0 Å². The van der Waals surface area contributed by atoms with Gasteiger partial charge >= 0.3 is 0 Å². The lowest BCUT2D eigenvalue weighted by molar-refractivity contribution is 0.104. The van der Waals surface area contributed by atoms with Gasteiger partial charge in [0.2, 0.25) is 0 Å². The zero-order valence-electron chi connectivity index (χ0n) is 13.2. The first-order valence-electron chi connectivity index (χ1n) is 7.32. The number of anilines is 2. The minimum atomic E-state index is -0.0310. The number of hydrogen-bond donors (Lipinski definition) is 2. The van der Waals surface area contributed by atoms with Gasteiger partial charge in [-0.1, -0.05) is 55.6 Å². The highest BCUT2D eigenvalue weighted by atomic mass is 16.1. The number of para-hydroxylation sites is 2. The monoisotopic (exact) mass is 304 g/mol. The van der Waals surface area contributed by atoms with Gasteiger partial charge in [0.15, 0.2) is 5.78 Å². The third-order valence-corrected chi connectivity index (χ3v) is 3.21. The Hall–Kier alpha value is -3.07. The Morgan fingerprint density at radius 1 is 0.957 bits per heavy atom. The molecular weight excluding hydrogens is 284 g/mol. The highest BCUT2D eigenvalue weighted by Gasteiger charge is 2.05. The molecule has 0 fully saturated rings. The van der Waals surface area contributed by atoms with Gasteiger partial charge in [0, 0.05) is 23.0 Å². The highest BCUT2D eigenvalue weighted by molar-refractivity contribution is 6.05. The largest absolute Gasteiger partial charge is 0.357 e. The maximum absolute atomic E-state index is 12.2. The quantitative estimate of drug-likeness (QED) is 0.430. The zero-order valence-corrected chi connectivity index (χ0v) is 13.2. The van der Waals surface area contributed by atoms with E-state index in [4.69, 9.17) is 0 Å². The number of nitrogens with one attached hydrogen (secondary N) is 2. The molecule has 0 bridgehead atoms. The van der Waals surface area contributed by atoms with Gasteiger partial charge in [-0.25, -0.2) is 0 Å². The topological polar surface area (TPSA) is 41.1 Å². The molecule has 23 heavy (non-hydrogen) atoms. The number of hydrogen-bond acceptors (Lipinski definition) is 3. The van der Waals surface area contributed by atoms with Gasteiger partial charge in [-0.05, 0) is 25.1 Å². The predicted octanol–water partition coefficient (Wildman–Crippen LogP) is 5.00. The van der Waals surface area contributed by atoms with Crippen molar-refractivity contribution in [2.24, 2.45) is 0 Å². The van der Waals surface area contributed by atoms with Crippen LogP contribution in [0.25, 0.3) is 0 Å². The van der Waals surface area contributed by atoms with Crippen molar-refractivity contribution in [2.75, 3.05) is 10.6 Å². The Morgan fingerprint density at radius 3 is 2.13 bits per heavy atom. The summed E-state index contributed by atoms with van der Waals surface area (Å²) in [6.45, 7) is 9.39. The van der Waals surface area contributed by atoms with Crippen molar-refractivity contribution < 1.29 is 4.79 Å². The van der Waals surface area contributed by atoms with Crippen LogP contribution < -0.4 is 10.6 Å². The van der Waals surface area contributed by atoms with Crippen LogP contribution in [0.15, 0.2) is 91.3 Å². The van der Waals surface area contributed by atoms with E-state index in [2.05, 4.69) is 23.8 Å². The molecule has 0 radical (unpaired) electrons. The molecule has 0 aliphatic carbocycles. The second kappa shape index (κ2) is 7.80. The molecule has 0 heterocycles. The summed E-state index contributed by atoms with van der Waals surface area (Å²) in [6.07, 6.45) is 3.24. The molecule has 0 saturated heterocycles. The number of benzene rings is 2. The van der Waals surface area contributed by atoms with Crippen LogP contribution in [0.4, 0.5) is 11.4 Å². The molecular formula is C20H20N2O. The molecule has 0 saturated carbocycles. The number of allylic oxidation sites excluding steroid dienone is 3. The Morgan fingerprint density at radius 2 is 1.52 bits per heavy atom. The summed E-state index contributed by atoms with van der Waals surface area (Å²) in [5.41, 5.74) is 3.88. The number of carbonyl (C=O) groups excluding carboxylic acids is 1. The van der Waals surface area contributed by atoms with Gasteiger partial charge in [-0.15, -0.1) is 0 Å². The summed E-state index contributed by atoms with van der Waals surface area (Å²) in [6, 6.07) is 16.9. The average molecular weight is 304 g/mol. The number of ketones is 1. The molecule has 0 atom stereocenters. The van der Waals surface area contributed by atoms with E-state index in [1.54, 1.807) is 24.3 Å². The molecule has 116 valence electrons. The zero-order chi connectivity index (χ0) is 16.7. The van der Waals surface area contributed by atoms with Crippen molar-refractivity contribution in [3.05, 3.63) is 96.9 Å². The van der Waals surface area contributed by atoms with Crippen molar-refractivity contribution in [1.82, 2.24) is 0 Å². The lowest BCUT2D eigenvalue weighted by Gasteiger charge is -2.14. The summed E-state index contributed by atoms with van der Waals surface area (Å²) in [4.78, 5) is 12.2. The normalized spacial score (nSPS) is 10.7. The van der Waals surface area contributed by atoms with E-state index < -0.39 is 0 Å². The molecule has 2 N–H and O–H groups in total. The average Bonchev–Trinajstić information content (AvgIpc) is 2.57. The summed E-state index contributed by atoms with van der Waals surface area (Å²) in [7, 11) is 0. The summed E-state index contributed by atoms with van der Waals surface area (Å²) in [5, 5.41) is 6.41. The van der Waals surface area contributed by atoms with Crippen molar-refractivity contribution >= 4 is 17.2 Å². The van der Waals surface area contributed by atoms with E-state index in [9.17, 15) is 4.79 Å². The Kier molecular flexibility index (Phi) is 5.53. The van der Waals surface area contributed by atoms with E-state index in [0.29, 0.717) is 11.3 Å². The van der Waals surface area contributed by atoms with Gasteiger partial charge in [-0.2, -0.15) is 0 Å². The van der Waals surface area contributed by atoms with Crippen LogP contribution >= 0.6 is 0 Å². The molecule has 0 spiro atoms. The third kappa shape index (κ3) is 4.71. The van der Waals surface area contributed by atoms with Crippen LogP contribution in [0, 0.1) is 0 Å². The molecule has 3 heteroatoms. The van der Waals surface area contributed by atoms with E-state index in [-0.39, 0.29) is 5.78 Å². The first kappa shape index (κ1) is 16.3. The fourth-order valence-corrected chi connectivity index (χ4v) is 2.06. The highest BCUT2D eigenvalue weighted by Crippen LogP contribution is 2.24. The third-order valence-electron chi connectivity index (χ3n) is 3.21. The molecule has 2 aromatic carbocycles. The summed E-state index contributed by atoms with van der Waals surface area (Å²) < 4.78 is 0. The molecule has 0 aliphatic rings. The van der Waals surface area contributed by atoms with Crippen LogP contribution in [0.2, 0.25) is 0 Å².